The van der Waals surface area contributed by atoms with Crippen molar-refractivity contribution < 1.29 is 19.0 Å². The number of carbonyl (C=O) groups is 1. The van der Waals surface area contributed by atoms with Crippen molar-refractivity contribution in [3.63, 3.8) is 0 Å². The zero-order chi connectivity index (χ0) is 22.1. The summed E-state index contributed by atoms with van der Waals surface area (Å²) in [5.41, 5.74) is 3.03. The molecule has 6 nitrogen and oxygen atoms in total. The summed E-state index contributed by atoms with van der Waals surface area (Å²) in [5.74, 6) is 1.84. The Bertz CT molecular complexity index is 1060. The standard InChI is InChI=1S/C25H26N2O4/c1-4-30-21-13-11-19(16-23(21)29-3)12-14-24(28)27-25-22(10-7-15-26-25)31-17-20-9-6-5-8-18(20)2/h5-16H,4,17H2,1-3H3,(H,26,27,28)/b14-12+. The van der Waals surface area contributed by atoms with E-state index < -0.39 is 0 Å². The first-order chi connectivity index (χ1) is 15.1. The van der Waals surface area contributed by atoms with Crippen molar-refractivity contribution in [1.29, 1.82) is 0 Å². The number of carbonyl (C=O) groups excluding carboxylic acids is 1. The molecule has 0 saturated heterocycles. The van der Waals surface area contributed by atoms with E-state index in [1.165, 1.54) is 6.08 Å². The molecule has 0 bridgehead atoms. The van der Waals surface area contributed by atoms with Crippen LogP contribution in [0.25, 0.3) is 6.08 Å². The number of hydrogen-bond donors (Lipinski definition) is 1. The van der Waals surface area contributed by atoms with Crippen LogP contribution in [-0.4, -0.2) is 24.6 Å². The highest BCUT2D eigenvalue weighted by atomic mass is 16.5. The molecule has 3 rings (SSSR count). The Hall–Kier alpha value is -3.80. The number of aryl methyl sites for hydroxylation is 1. The summed E-state index contributed by atoms with van der Waals surface area (Å²) in [6.07, 6.45) is 4.75. The van der Waals surface area contributed by atoms with Crippen LogP contribution in [0.5, 0.6) is 17.2 Å². The quantitative estimate of drug-likeness (QED) is 0.494. The normalized spacial score (nSPS) is 10.7. The summed E-state index contributed by atoms with van der Waals surface area (Å²) in [7, 11) is 1.58. The van der Waals surface area contributed by atoms with Gasteiger partial charge < -0.3 is 19.5 Å². The minimum absolute atomic E-state index is 0.313. The van der Waals surface area contributed by atoms with E-state index in [4.69, 9.17) is 14.2 Å². The number of nitrogens with one attached hydrogen (secondary N) is 1. The van der Waals surface area contributed by atoms with Crippen molar-refractivity contribution in [3.05, 3.63) is 83.6 Å². The van der Waals surface area contributed by atoms with Crippen LogP contribution in [0.2, 0.25) is 0 Å². The lowest BCUT2D eigenvalue weighted by molar-refractivity contribution is -0.111. The van der Waals surface area contributed by atoms with Gasteiger partial charge in [0.25, 0.3) is 0 Å². The predicted octanol–water partition coefficient (Wildman–Crippen LogP) is 5.03. The molecule has 6 heteroatoms. The monoisotopic (exact) mass is 418 g/mol. The van der Waals surface area contributed by atoms with Gasteiger partial charge in [-0.2, -0.15) is 0 Å². The maximum absolute atomic E-state index is 12.4. The van der Waals surface area contributed by atoms with Crippen LogP contribution >= 0.6 is 0 Å². The fourth-order valence-electron chi connectivity index (χ4n) is 2.92. The molecule has 2 aromatic carbocycles. The fourth-order valence-corrected chi connectivity index (χ4v) is 2.92. The molecule has 1 N–H and O–H groups in total. The van der Waals surface area contributed by atoms with Gasteiger partial charge in [-0.15, -0.1) is 0 Å². The summed E-state index contributed by atoms with van der Waals surface area (Å²) in [6.45, 7) is 4.88. The van der Waals surface area contributed by atoms with Crippen LogP contribution < -0.4 is 19.5 Å². The molecular weight excluding hydrogens is 392 g/mol. The van der Waals surface area contributed by atoms with E-state index in [1.807, 2.05) is 56.3 Å². The summed E-state index contributed by atoms with van der Waals surface area (Å²) in [6, 6.07) is 17.0. The van der Waals surface area contributed by atoms with Gasteiger partial charge in [0.05, 0.1) is 13.7 Å². The summed E-state index contributed by atoms with van der Waals surface area (Å²) in [5, 5.41) is 2.77. The van der Waals surface area contributed by atoms with Crippen LogP contribution in [0.3, 0.4) is 0 Å². The first-order valence-electron chi connectivity index (χ1n) is 10.0. The molecule has 31 heavy (non-hydrogen) atoms. The predicted molar refractivity (Wildman–Crippen MR) is 122 cm³/mol. The molecule has 0 fully saturated rings. The van der Waals surface area contributed by atoms with Gasteiger partial charge in [0, 0.05) is 12.3 Å². The third-order valence-corrected chi connectivity index (χ3v) is 4.57. The summed E-state index contributed by atoms with van der Waals surface area (Å²) in [4.78, 5) is 16.7. The first-order valence-corrected chi connectivity index (χ1v) is 10.0. The molecule has 0 atom stereocenters. The Morgan fingerprint density at radius 1 is 1.03 bits per heavy atom. The Morgan fingerprint density at radius 2 is 1.87 bits per heavy atom. The third-order valence-electron chi connectivity index (χ3n) is 4.57. The van der Waals surface area contributed by atoms with Crippen molar-refractivity contribution in [2.45, 2.75) is 20.5 Å². The van der Waals surface area contributed by atoms with Crippen molar-refractivity contribution in [2.75, 3.05) is 19.0 Å². The number of hydrogen-bond acceptors (Lipinski definition) is 5. The lowest BCUT2D eigenvalue weighted by Gasteiger charge is -2.12. The molecule has 0 unspecified atom stereocenters. The zero-order valence-electron chi connectivity index (χ0n) is 17.9. The van der Waals surface area contributed by atoms with E-state index in [9.17, 15) is 4.79 Å². The van der Waals surface area contributed by atoms with Crippen molar-refractivity contribution in [2.24, 2.45) is 0 Å². The van der Waals surface area contributed by atoms with Crippen LogP contribution in [0.15, 0.2) is 66.9 Å². The lowest BCUT2D eigenvalue weighted by Crippen LogP contribution is -2.11. The highest BCUT2D eigenvalue weighted by Gasteiger charge is 2.09. The second-order valence-electron chi connectivity index (χ2n) is 6.73. The van der Waals surface area contributed by atoms with Gasteiger partial charge in [-0.1, -0.05) is 30.3 Å². The molecular formula is C25H26N2O4. The van der Waals surface area contributed by atoms with Crippen LogP contribution in [0, 0.1) is 6.92 Å². The maximum atomic E-state index is 12.4. The van der Waals surface area contributed by atoms with E-state index in [-0.39, 0.29) is 5.91 Å². The van der Waals surface area contributed by atoms with Crippen LogP contribution in [0.1, 0.15) is 23.6 Å². The number of anilines is 1. The molecule has 0 spiro atoms. The van der Waals surface area contributed by atoms with E-state index in [0.29, 0.717) is 36.3 Å². The minimum atomic E-state index is -0.313. The Kier molecular flexibility index (Phi) is 7.65. The molecule has 0 aliphatic carbocycles. The molecule has 160 valence electrons. The fraction of sp³-hybridized carbons (Fsp3) is 0.200. The number of amides is 1. The van der Waals surface area contributed by atoms with Crippen molar-refractivity contribution in [3.8, 4) is 17.2 Å². The molecule has 1 heterocycles. The molecule has 0 radical (unpaired) electrons. The smallest absolute Gasteiger partial charge is 0.249 e. The molecule has 0 aliphatic heterocycles. The largest absolute Gasteiger partial charge is 0.493 e. The van der Waals surface area contributed by atoms with Gasteiger partial charge in [0.1, 0.15) is 6.61 Å². The van der Waals surface area contributed by atoms with Gasteiger partial charge in [-0.05, 0) is 60.9 Å². The van der Waals surface area contributed by atoms with Gasteiger partial charge in [-0.3, -0.25) is 4.79 Å². The Balaban J connectivity index is 1.66. The number of pyridine rings is 1. The Labute approximate surface area is 182 Å². The van der Waals surface area contributed by atoms with Crippen molar-refractivity contribution in [1.82, 2.24) is 4.98 Å². The average molecular weight is 418 g/mol. The minimum Gasteiger partial charge on any atom is -0.493 e. The van der Waals surface area contributed by atoms with Crippen LogP contribution in [0.4, 0.5) is 5.82 Å². The topological polar surface area (TPSA) is 69.7 Å². The molecule has 1 amide bonds. The number of rotatable bonds is 9. The number of nitrogens with zero attached hydrogens (tertiary/aromatic N) is 1. The first kappa shape index (κ1) is 21.9. The van der Waals surface area contributed by atoms with E-state index in [0.717, 1.165) is 16.7 Å². The van der Waals surface area contributed by atoms with E-state index in [2.05, 4.69) is 10.3 Å². The second-order valence-corrected chi connectivity index (χ2v) is 6.73. The number of benzene rings is 2. The van der Waals surface area contributed by atoms with E-state index in [1.54, 1.807) is 31.5 Å². The molecule has 3 aromatic rings. The number of aromatic nitrogens is 1. The van der Waals surface area contributed by atoms with Crippen LogP contribution in [-0.2, 0) is 11.4 Å². The molecule has 0 aliphatic rings. The third kappa shape index (κ3) is 6.09. The number of ether oxygens (including phenoxy) is 3. The van der Waals surface area contributed by atoms with Gasteiger partial charge in [0.2, 0.25) is 5.91 Å². The summed E-state index contributed by atoms with van der Waals surface area (Å²) < 4.78 is 16.8. The summed E-state index contributed by atoms with van der Waals surface area (Å²) >= 11 is 0. The lowest BCUT2D eigenvalue weighted by atomic mass is 10.1. The average Bonchev–Trinajstić information content (AvgIpc) is 2.79. The van der Waals surface area contributed by atoms with Gasteiger partial charge in [-0.25, -0.2) is 4.98 Å². The van der Waals surface area contributed by atoms with Crippen molar-refractivity contribution >= 4 is 17.8 Å². The molecule has 1 aromatic heterocycles. The highest BCUT2D eigenvalue weighted by Crippen LogP contribution is 2.28. The Morgan fingerprint density at radius 3 is 2.65 bits per heavy atom. The number of methoxy groups -OCH3 is 1. The van der Waals surface area contributed by atoms with E-state index >= 15 is 0 Å². The maximum Gasteiger partial charge on any atom is 0.249 e. The van der Waals surface area contributed by atoms with Gasteiger partial charge >= 0.3 is 0 Å². The second kappa shape index (κ2) is 10.8. The zero-order valence-corrected chi connectivity index (χ0v) is 17.9. The SMILES string of the molecule is CCOc1ccc(/C=C/C(=O)Nc2ncccc2OCc2ccccc2C)cc1OC. The van der Waals surface area contributed by atoms with Gasteiger partial charge in [0.15, 0.2) is 23.1 Å². The highest BCUT2D eigenvalue weighted by molar-refractivity contribution is 6.02. The molecule has 0 saturated carbocycles.